The van der Waals surface area contributed by atoms with Gasteiger partial charge in [-0.15, -0.1) is 0 Å². The van der Waals surface area contributed by atoms with Crippen LogP contribution in [0.5, 0.6) is 5.75 Å². The van der Waals surface area contributed by atoms with Crippen molar-refractivity contribution in [1.82, 2.24) is 14.6 Å². The van der Waals surface area contributed by atoms with Gasteiger partial charge in [-0.3, -0.25) is 0 Å². The number of piperidine rings is 1. The van der Waals surface area contributed by atoms with Crippen molar-refractivity contribution in [1.29, 1.82) is 0 Å². The maximum Gasteiger partial charge on any atom is 0.337 e. The van der Waals surface area contributed by atoms with E-state index in [0.717, 1.165) is 43.2 Å². The van der Waals surface area contributed by atoms with Gasteiger partial charge in [0.15, 0.2) is 11.8 Å². The molecule has 3 aliphatic rings. The largest absolute Gasteiger partial charge is 0.490 e. The SMILES string of the molecule is Cc1cc(F)c2c(c1)OC(C)CCCCOC1(C)CCN(CC1)c1c(C(OC(C)(C)C)C(=O)O)c(C)nc3cc(nn13)-c1cccc-2c1. The van der Waals surface area contributed by atoms with Crippen molar-refractivity contribution in [2.45, 2.75) is 104 Å². The van der Waals surface area contributed by atoms with Gasteiger partial charge in [-0.05, 0) is 110 Å². The number of aryl methyl sites for hydroxylation is 2. The molecule has 0 radical (unpaired) electrons. The minimum Gasteiger partial charge on any atom is -0.490 e. The summed E-state index contributed by atoms with van der Waals surface area (Å²) >= 11 is 0. The lowest BCUT2D eigenvalue weighted by molar-refractivity contribution is -0.160. The minimum absolute atomic E-state index is 0.102. The molecule has 0 saturated carbocycles. The van der Waals surface area contributed by atoms with Crippen LogP contribution in [0, 0.1) is 19.7 Å². The Morgan fingerprint density at radius 1 is 1.10 bits per heavy atom. The van der Waals surface area contributed by atoms with E-state index in [2.05, 4.69) is 11.8 Å². The number of carbonyl (C=O) groups is 1. The second kappa shape index (κ2) is 13.1. The van der Waals surface area contributed by atoms with E-state index in [1.54, 1.807) is 4.52 Å². The van der Waals surface area contributed by atoms with Crippen molar-refractivity contribution in [3.63, 3.8) is 0 Å². The van der Waals surface area contributed by atoms with Crippen LogP contribution in [0.4, 0.5) is 10.2 Å². The Hall–Kier alpha value is -4.02. The van der Waals surface area contributed by atoms with Crippen molar-refractivity contribution in [3.8, 4) is 28.1 Å². The summed E-state index contributed by atoms with van der Waals surface area (Å²) in [6.45, 7) is 15.4. The quantitative estimate of drug-likeness (QED) is 0.236. The van der Waals surface area contributed by atoms with Crippen molar-refractivity contribution in [2.75, 3.05) is 24.6 Å². The fourth-order valence-corrected chi connectivity index (χ4v) is 6.83. The minimum atomic E-state index is -1.26. The molecular formula is C38H47FN4O5. The lowest BCUT2D eigenvalue weighted by atomic mass is 9.92. The van der Waals surface area contributed by atoms with Crippen molar-refractivity contribution in [3.05, 3.63) is 65.1 Å². The molecule has 10 heteroatoms. The van der Waals surface area contributed by atoms with Gasteiger partial charge in [0.2, 0.25) is 0 Å². The summed E-state index contributed by atoms with van der Waals surface area (Å²) in [4.78, 5) is 19.9. The molecule has 3 aliphatic heterocycles. The molecule has 0 amide bonds. The highest BCUT2D eigenvalue weighted by atomic mass is 19.1. The van der Waals surface area contributed by atoms with Gasteiger partial charge in [0, 0.05) is 37.0 Å². The van der Waals surface area contributed by atoms with Gasteiger partial charge in [-0.1, -0.05) is 18.2 Å². The average molecular weight is 659 g/mol. The van der Waals surface area contributed by atoms with E-state index < -0.39 is 17.7 Å². The van der Waals surface area contributed by atoms with Gasteiger partial charge in [0.25, 0.3) is 0 Å². The van der Waals surface area contributed by atoms with E-state index in [-0.39, 0.29) is 17.5 Å². The first-order valence-electron chi connectivity index (χ1n) is 17.0. The van der Waals surface area contributed by atoms with E-state index in [1.165, 1.54) is 6.07 Å². The number of hydrogen-bond donors (Lipinski definition) is 1. The number of carboxylic acid groups (broad SMARTS) is 1. The highest BCUT2D eigenvalue weighted by molar-refractivity contribution is 5.80. The van der Waals surface area contributed by atoms with E-state index >= 15 is 4.39 Å². The molecule has 7 rings (SSSR count). The van der Waals surface area contributed by atoms with E-state index in [0.29, 0.717) is 65.0 Å². The summed E-state index contributed by atoms with van der Waals surface area (Å²) in [6, 6.07) is 12.9. The Bertz CT molecular complexity index is 1820. The van der Waals surface area contributed by atoms with Crippen LogP contribution in [0.15, 0.2) is 42.5 Å². The molecule has 1 fully saturated rings. The Balaban J connectivity index is 1.55. The van der Waals surface area contributed by atoms with E-state index in [9.17, 15) is 9.90 Å². The number of halogens is 1. The fraction of sp³-hybridized carbons (Fsp3) is 0.500. The number of fused-ring (bicyclic) bond motifs is 8. The number of hydrogen-bond acceptors (Lipinski definition) is 7. The predicted molar refractivity (Wildman–Crippen MR) is 184 cm³/mol. The second-order valence-electron chi connectivity index (χ2n) is 14.6. The van der Waals surface area contributed by atoms with Gasteiger partial charge >= 0.3 is 5.97 Å². The zero-order valence-corrected chi connectivity index (χ0v) is 29.1. The molecule has 2 aromatic heterocycles. The first-order valence-corrected chi connectivity index (χ1v) is 17.0. The monoisotopic (exact) mass is 658 g/mol. The molecule has 5 heterocycles. The van der Waals surface area contributed by atoms with E-state index in [4.69, 9.17) is 24.3 Å². The molecule has 48 heavy (non-hydrogen) atoms. The number of anilines is 1. The standard InChI is InChI=1S/C38H47FN4O5/c1-23-19-28(39)33-27-13-10-12-26(21-27)29-22-31-40-25(3)32(34(36(44)45)48-37(4,5)6)35(43(31)41-29)42-16-14-38(7,15-17-42)46-18-9-8-11-24(2)47-30(33)20-23/h10,12-13,19-22,24,34H,8-9,11,14-18H2,1-7H3,(H,44,45). The Morgan fingerprint density at radius 2 is 1.83 bits per heavy atom. The number of ether oxygens (including phenoxy) is 3. The third-order valence-corrected chi connectivity index (χ3v) is 9.31. The van der Waals surface area contributed by atoms with Gasteiger partial charge in [0.1, 0.15) is 17.4 Å². The van der Waals surface area contributed by atoms with Gasteiger partial charge in [-0.2, -0.15) is 9.61 Å². The molecule has 2 atom stereocenters. The molecule has 6 bridgehead atoms. The molecular weight excluding hydrogens is 611 g/mol. The van der Waals surface area contributed by atoms with Crippen LogP contribution in [-0.2, 0) is 14.3 Å². The number of benzene rings is 2. The Labute approximate surface area is 282 Å². The van der Waals surface area contributed by atoms with E-state index in [1.807, 2.05) is 77.9 Å². The lowest BCUT2D eigenvalue weighted by Gasteiger charge is -2.41. The maximum absolute atomic E-state index is 15.7. The van der Waals surface area contributed by atoms with Crippen LogP contribution >= 0.6 is 0 Å². The molecule has 256 valence electrons. The van der Waals surface area contributed by atoms with Crippen molar-refractivity contribution in [2.24, 2.45) is 0 Å². The molecule has 1 saturated heterocycles. The average Bonchev–Trinajstić information content (AvgIpc) is 3.42. The summed E-state index contributed by atoms with van der Waals surface area (Å²) in [7, 11) is 0. The van der Waals surface area contributed by atoms with Gasteiger partial charge in [0.05, 0.1) is 34.1 Å². The molecule has 0 aliphatic carbocycles. The molecule has 2 unspecified atom stereocenters. The zero-order valence-electron chi connectivity index (χ0n) is 29.1. The first-order chi connectivity index (χ1) is 22.7. The summed E-state index contributed by atoms with van der Waals surface area (Å²) in [6.07, 6.45) is 2.81. The zero-order chi connectivity index (χ0) is 34.4. The summed E-state index contributed by atoms with van der Waals surface area (Å²) in [5.41, 5.74) is 3.89. The number of rotatable bonds is 3. The summed E-state index contributed by atoms with van der Waals surface area (Å²) < 4.78 is 36.5. The van der Waals surface area contributed by atoms with Gasteiger partial charge < -0.3 is 24.2 Å². The Morgan fingerprint density at radius 3 is 2.54 bits per heavy atom. The molecule has 4 aromatic rings. The third-order valence-electron chi connectivity index (χ3n) is 9.31. The van der Waals surface area contributed by atoms with Crippen LogP contribution in [0.25, 0.3) is 28.0 Å². The Kier molecular flexibility index (Phi) is 9.26. The van der Waals surface area contributed by atoms with Crippen LogP contribution < -0.4 is 9.64 Å². The van der Waals surface area contributed by atoms with Crippen LogP contribution in [0.3, 0.4) is 0 Å². The van der Waals surface area contributed by atoms with Crippen LogP contribution in [0.1, 0.15) is 89.6 Å². The fourth-order valence-electron chi connectivity index (χ4n) is 6.83. The second-order valence-corrected chi connectivity index (χ2v) is 14.6. The normalized spacial score (nSPS) is 21.2. The van der Waals surface area contributed by atoms with Gasteiger partial charge in [-0.25, -0.2) is 14.2 Å². The smallest absolute Gasteiger partial charge is 0.337 e. The number of aliphatic carboxylic acids is 1. The first kappa shape index (κ1) is 33.9. The predicted octanol–water partition coefficient (Wildman–Crippen LogP) is 8.09. The highest BCUT2D eigenvalue weighted by Crippen LogP contribution is 2.40. The molecule has 1 N–H and O–H groups in total. The molecule has 2 aromatic carbocycles. The van der Waals surface area contributed by atoms with Crippen molar-refractivity contribution >= 4 is 17.4 Å². The lowest BCUT2D eigenvalue weighted by Crippen LogP contribution is -2.46. The van der Waals surface area contributed by atoms with Crippen LogP contribution in [-0.4, -0.2) is 62.7 Å². The topological polar surface area (TPSA) is 98.4 Å². The molecule has 9 nitrogen and oxygen atoms in total. The number of carboxylic acids is 1. The highest BCUT2D eigenvalue weighted by Gasteiger charge is 2.38. The third kappa shape index (κ3) is 7.05. The van der Waals surface area contributed by atoms with Crippen molar-refractivity contribution < 1.29 is 28.5 Å². The number of nitrogens with zero attached hydrogens (tertiary/aromatic N) is 4. The maximum atomic E-state index is 15.7. The summed E-state index contributed by atoms with van der Waals surface area (Å²) in [5, 5.41) is 15.5. The number of aromatic nitrogens is 3. The van der Waals surface area contributed by atoms with Crippen LogP contribution in [0.2, 0.25) is 0 Å². The molecule has 0 spiro atoms. The summed E-state index contributed by atoms with van der Waals surface area (Å²) in [5.74, 6) is -0.269.